The number of para-hydroxylation sites is 1. The van der Waals surface area contributed by atoms with Crippen LogP contribution in [0, 0.1) is 0 Å². The maximum absolute atomic E-state index is 12.9. The number of aryl methyl sites for hydroxylation is 1. The van der Waals surface area contributed by atoms with Crippen LogP contribution in [0.25, 0.3) is 0 Å². The Bertz CT molecular complexity index is 959. The van der Waals surface area contributed by atoms with E-state index in [4.69, 9.17) is 0 Å². The molecule has 1 heterocycles. The first-order valence-corrected chi connectivity index (χ1v) is 10.1. The van der Waals surface area contributed by atoms with E-state index in [1.165, 1.54) is 0 Å². The van der Waals surface area contributed by atoms with E-state index < -0.39 is 10.0 Å². The van der Waals surface area contributed by atoms with Gasteiger partial charge >= 0.3 is 0 Å². The summed E-state index contributed by atoms with van der Waals surface area (Å²) < 4.78 is 28.6. The molecule has 26 heavy (non-hydrogen) atoms. The molecule has 0 spiro atoms. The first-order chi connectivity index (χ1) is 12.1. The molecular formula is C20H24N2O3S. The molecule has 6 heteroatoms. The number of hydrogen-bond donors (Lipinski definition) is 1. The summed E-state index contributed by atoms with van der Waals surface area (Å²) in [7, 11) is -2.00. The van der Waals surface area contributed by atoms with Gasteiger partial charge in [-0.05, 0) is 47.2 Å². The maximum atomic E-state index is 12.9. The Balaban J connectivity index is 1.97. The van der Waals surface area contributed by atoms with E-state index in [1.807, 2.05) is 39.0 Å². The van der Waals surface area contributed by atoms with Crippen molar-refractivity contribution in [3.63, 3.8) is 0 Å². The number of anilines is 2. The van der Waals surface area contributed by atoms with Gasteiger partial charge in [-0.2, -0.15) is 0 Å². The molecule has 0 radical (unpaired) electrons. The van der Waals surface area contributed by atoms with Crippen molar-refractivity contribution in [2.45, 2.75) is 43.9 Å². The standard InChI is InChI=1S/C20H24N2O3S/c1-20(2,3)16-7-5-6-8-17(16)21-26(24,25)15-10-11-18-14(13-15)9-12-19(23)22(18)4/h5-8,10-11,13,21H,9,12H2,1-4H3. The van der Waals surface area contributed by atoms with E-state index >= 15 is 0 Å². The number of carbonyl (C=O) groups is 1. The molecule has 3 rings (SSSR count). The van der Waals surface area contributed by atoms with Gasteiger partial charge < -0.3 is 4.90 Å². The van der Waals surface area contributed by atoms with Gasteiger partial charge in [-0.1, -0.05) is 39.0 Å². The quantitative estimate of drug-likeness (QED) is 0.893. The average molecular weight is 372 g/mol. The van der Waals surface area contributed by atoms with Crippen LogP contribution in [0.5, 0.6) is 0 Å². The number of nitrogens with one attached hydrogen (secondary N) is 1. The van der Waals surface area contributed by atoms with Crippen LogP contribution in [0.2, 0.25) is 0 Å². The first-order valence-electron chi connectivity index (χ1n) is 8.61. The van der Waals surface area contributed by atoms with Crippen LogP contribution in [0.1, 0.15) is 38.3 Å². The van der Waals surface area contributed by atoms with E-state index in [1.54, 1.807) is 36.2 Å². The number of sulfonamides is 1. The fourth-order valence-corrected chi connectivity index (χ4v) is 4.36. The fourth-order valence-electron chi connectivity index (χ4n) is 3.23. The SMILES string of the molecule is CN1C(=O)CCc2cc(S(=O)(=O)Nc3ccccc3C(C)(C)C)ccc21. The molecule has 1 N–H and O–H groups in total. The Morgan fingerprint density at radius 1 is 1.04 bits per heavy atom. The van der Waals surface area contributed by atoms with E-state index in [9.17, 15) is 13.2 Å². The summed E-state index contributed by atoms with van der Waals surface area (Å²) in [4.78, 5) is 13.6. The Labute approximate surface area is 155 Å². The third-order valence-electron chi connectivity index (χ3n) is 4.68. The number of hydrogen-bond acceptors (Lipinski definition) is 3. The van der Waals surface area contributed by atoms with Gasteiger partial charge in [0.2, 0.25) is 5.91 Å². The average Bonchev–Trinajstić information content (AvgIpc) is 2.57. The van der Waals surface area contributed by atoms with Crippen molar-refractivity contribution in [3.05, 3.63) is 53.6 Å². The summed E-state index contributed by atoms with van der Waals surface area (Å²) in [6.07, 6.45) is 0.952. The first kappa shape index (κ1) is 18.5. The zero-order valence-electron chi connectivity index (χ0n) is 15.5. The summed E-state index contributed by atoms with van der Waals surface area (Å²) in [5.74, 6) is 0.0466. The summed E-state index contributed by atoms with van der Waals surface area (Å²) in [6.45, 7) is 6.14. The second kappa shape index (κ2) is 6.43. The zero-order valence-corrected chi connectivity index (χ0v) is 16.4. The van der Waals surface area contributed by atoms with Gasteiger partial charge in [0, 0.05) is 19.2 Å². The molecule has 0 bridgehead atoms. The van der Waals surface area contributed by atoms with Crippen LogP contribution in [-0.2, 0) is 26.7 Å². The van der Waals surface area contributed by atoms with Crippen molar-refractivity contribution >= 4 is 27.3 Å². The Kier molecular flexibility index (Phi) is 4.56. The van der Waals surface area contributed by atoms with Crippen LogP contribution in [0.3, 0.4) is 0 Å². The summed E-state index contributed by atoms with van der Waals surface area (Å²) in [5, 5.41) is 0. The predicted octanol–water partition coefficient (Wildman–Crippen LogP) is 3.69. The Morgan fingerprint density at radius 3 is 2.42 bits per heavy atom. The van der Waals surface area contributed by atoms with Gasteiger partial charge in [0.05, 0.1) is 10.6 Å². The lowest BCUT2D eigenvalue weighted by molar-refractivity contribution is -0.118. The minimum absolute atomic E-state index is 0.0466. The molecule has 0 aromatic heterocycles. The third kappa shape index (κ3) is 3.46. The molecule has 0 saturated carbocycles. The van der Waals surface area contributed by atoms with Gasteiger partial charge in [0.1, 0.15) is 0 Å². The molecule has 1 aliphatic rings. The largest absolute Gasteiger partial charge is 0.315 e. The lowest BCUT2D eigenvalue weighted by Gasteiger charge is -2.26. The minimum Gasteiger partial charge on any atom is -0.315 e. The van der Waals surface area contributed by atoms with Gasteiger partial charge in [0.25, 0.3) is 10.0 Å². The fraction of sp³-hybridized carbons (Fsp3) is 0.350. The molecule has 2 aromatic carbocycles. The maximum Gasteiger partial charge on any atom is 0.261 e. The highest BCUT2D eigenvalue weighted by molar-refractivity contribution is 7.92. The molecular weight excluding hydrogens is 348 g/mol. The summed E-state index contributed by atoms with van der Waals surface area (Å²) >= 11 is 0. The van der Waals surface area contributed by atoms with Gasteiger partial charge in [0.15, 0.2) is 0 Å². The third-order valence-corrected chi connectivity index (χ3v) is 6.05. The Hall–Kier alpha value is -2.34. The topological polar surface area (TPSA) is 66.5 Å². The van der Waals surface area contributed by atoms with Crippen LogP contribution in [0.4, 0.5) is 11.4 Å². The summed E-state index contributed by atoms with van der Waals surface area (Å²) in [6, 6.07) is 12.4. The highest BCUT2D eigenvalue weighted by Crippen LogP contribution is 2.32. The number of rotatable bonds is 3. The zero-order chi connectivity index (χ0) is 19.1. The second-order valence-corrected chi connectivity index (χ2v) is 9.33. The van der Waals surface area contributed by atoms with Crippen molar-refractivity contribution in [1.29, 1.82) is 0 Å². The lowest BCUT2D eigenvalue weighted by Crippen LogP contribution is -2.31. The monoisotopic (exact) mass is 372 g/mol. The molecule has 0 fully saturated rings. The molecule has 1 amide bonds. The Morgan fingerprint density at radius 2 is 1.73 bits per heavy atom. The number of fused-ring (bicyclic) bond motifs is 1. The summed E-state index contributed by atoms with van der Waals surface area (Å²) in [5.41, 5.74) is 2.99. The number of amides is 1. The second-order valence-electron chi connectivity index (χ2n) is 7.64. The van der Waals surface area contributed by atoms with Crippen LogP contribution >= 0.6 is 0 Å². The smallest absolute Gasteiger partial charge is 0.261 e. The van der Waals surface area contributed by atoms with Gasteiger partial charge in [-0.15, -0.1) is 0 Å². The number of carbonyl (C=O) groups excluding carboxylic acids is 1. The lowest BCUT2D eigenvalue weighted by atomic mass is 9.86. The molecule has 0 saturated heterocycles. The van der Waals surface area contributed by atoms with Gasteiger partial charge in [-0.25, -0.2) is 8.42 Å². The molecule has 1 aliphatic heterocycles. The molecule has 0 unspecified atom stereocenters. The van der Waals surface area contributed by atoms with E-state index in [-0.39, 0.29) is 16.2 Å². The van der Waals surface area contributed by atoms with E-state index in [0.717, 1.165) is 16.8 Å². The van der Waals surface area contributed by atoms with Crippen molar-refractivity contribution in [2.75, 3.05) is 16.7 Å². The number of benzene rings is 2. The van der Waals surface area contributed by atoms with Crippen LogP contribution < -0.4 is 9.62 Å². The predicted molar refractivity (Wildman–Crippen MR) is 104 cm³/mol. The van der Waals surface area contributed by atoms with Crippen molar-refractivity contribution in [1.82, 2.24) is 0 Å². The van der Waals surface area contributed by atoms with Crippen molar-refractivity contribution in [2.24, 2.45) is 0 Å². The highest BCUT2D eigenvalue weighted by atomic mass is 32.2. The van der Waals surface area contributed by atoms with Crippen LogP contribution in [0.15, 0.2) is 47.4 Å². The van der Waals surface area contributed by atoms with E-state index in [0.29, 0.717) is 18.5 Å². The number of nitrogens with zero attached hydrogens (tertiary/aromatic N) is 1. The van der Waals surface area contributed by atoms with Crippen molar-refractivity contribution < 1.29 is 13.2 Å². The molecule has 5 nitrogen and oxygen atoms in total. The highest BCUT2D eigenvalue weighted by Gasteiger charge is 2.25. The van der Waals surface area contributed by atoms with Crippen LogP contribution in [-0.4, -0.2) is 21.4 Å². The molecule has 0 atom stereocenters. The molecule has 0 aliphatic carbocycles. The molecule has 138 valence electrons. The van der Waals surface area contributed by atoms with Crippen molar-refractivity contribution in [3.8, 4) is 0 Å². The van der Waals surface area contributed by atoms with Gasteiger partial charge in [-0.3, -0.25) is 9.52 Å². The molecule has 2 aromatic rings. The van der Waals surface area contributed by atoms with E-state index in [2.05, 4.69) is 4.72 Å². The normalized spacial score (nSPS) is 14.9. The minimum atomic E-state index is -3.71.